The first kappa shape index (κ1) is 24.1. The van der Waals surface area contributed by atoms with Gasteiger partial charge in [-0.25, -0.2) is 0 Å². The second-order valence-corrected chi connectivity index (χ2v) is 11.4. The summed E-state index contributed by atoms with van der Waals surface area (Å²) in [4.78, 5) is 3.73. The van der Waals surface area contributed by atoms with Crippen molar-refractivity contribution in [2.24, 2.45) is 0 Å². The smallest absolute Gasteiger partial charge is 0.115 e. The van der Waals surface area contributed by atoms with Crippen LogP contribution in [0.25, 0.3) is 66.3 Å². The van der Waals surface area contributed by atoms with Gasteiger partial charge in [0, 0.05) is 32.8 Å². The summed E-state index contributed by atoms with van der Waals surface area (Å²) < 4.78 is 4.94. The van der Waals surface area contributed by atoms with Crippen LogP contribution in [0, 0.1) is 0 Å². The van der Waals surface area contributed by atoms with Gasteiger partial charge < -0.3 is 9.55 Å². The predicted molar refractivity (Wildman–Crippen MR) is 181 cm³/mol. The molecule has 3 aromatic heterocycles. The molecule has 1 unspecified atom stereocenters. The van der Waals surface area contributed by atoms with Crippen LogP contribution in [-0.4, -0.2) is 14.1 Å². The molecule has 1 aliphatic carbocycles. The SMILES string of the molecule is C1=CC(n2c3ccccc3c3cc4c5ccccc5n(-c5ccc(-c6ccccc6)[nH]5)c4cc32)CC=C1c1ccccc1. The van der Waals surface area contributed by atoms with E-state index < -0.39 is 0 Å². The van der Waals surface area contributed by atoms with Crippen LogP contribution < -0.4 is 0 Å². The number of hydrogen-bond acceptors (Lipinski definition) is 0. The van der Waals surface area contributed by atoms with Crippen molar-refractivity contribution in [3.8, 4) is 17.1 Å². The molecule has 0 radical (unpaired) electrons. The van der Waals surface area contributed by atoms with Crippen LogP contribution in [0.15, 0.2) is 152 Å². The maximum Gasteiger partial charge on any atom is 0.115 e. The lowest BCUT2D eigenvalue weighted by molar-refractivity contribution is 0.649. The Morgan fingerprint density at radius 3 is 1.93 bits per heavy atom. The summed E-state index contributed by atoms with van der Waals surface area (Å²) in [6.07, 6.45) is 8.02. The Morgan fingerprint density at radius 1 is 0.535 bits per heavy atom. The first-order chi connectivity index (χ1) is 21.3. The number of nitrogens with zero attached hydrogens (tertiary/aromatic N) is 2. The van der Waals surface area contributed by atoms with Crippen LogP contribution in [0.4, 0.5) is 0 Å². The number of fused-ring (bicyclic) bond motifs is 6. The molecule has 1 atom stereocenters. The summed E-state index contributed by atoms with van der Waals surface area (Å²) in [5.74, 6) is 1.07. The number of nitrogens with one attached hydrogen (secondary N) is 1. The Kier molecular flexibility index (Phi) is 5.32. The van der Waals surface area contributed by atoms with E-state index >= 15 is 0 Å². The molecule has 5 aromatic carbocycles. The fourth-order valence-electron chi connectivity index (χ4n) is 7.02. The number of aromatic nitrogens is 3. The highest BCUT2D eigenvalue weighted by Gasteiger charge is 2.21. The number of H-pyrrole nitrogens is 1. The van der Waals surface area contributed by atoms with Crippen molar-refractivity contribution in [3.63, 3.8) is 0 Å². The molecule has 0 fully saturated rings. The molecule has 3 heteroatoms. The molecule has 1 N–H and O–H groups in total. The van der Waals surface area contributed by atoms with E-state index in [1.54, 1.807) is 0 Å². The van der Waals surface area contributed by atoms with Crippen LogP contribution in [0.1, 0.15) is 18.0 Å². The highest BCUT2D eigenvalue weighted by atomic mass is 15.1. The van der Waals surface area contributed by atoms with Gasteiger partial charge in [0.1, 0.15) is 5.82 Å². The monoisotopic (exact) mass is 551 g/mol. The second-order valence-electron chi connectivity index (χ2n) is 11.4. The molecule has 0 spiro atoms. The molecule has 0 amide bonds. The fourth-order valence-corrected chi connectivity index (χ4v) is 7.02. The Labute approximate surface area is 249 Å². The predicted octanol–water partition coefficient (Wildman–Crippen LogP) is 10.5. The topological polar surface area (TPSA) is 25.6 Å². The molecule has 8 aromatic rings. The van der Waals surface area contributed by atoms with Gasteiger partial charge in [0.05, 0.1) is 22.6 Å². The molecule has 0 bridgehead atoms. The quantitative estimate of drug-likeness (QED) is 0.225. The Hall–Kier alpha value is -5.54. The minimum Gasteiger partial charge on any atom is -0.341 e. The average molecular weight is 552 g/mol. The van der Waals surface area contributed by atoms with Gasteiger partial charge in [0.15, 0.2) is 0 Å². The lowest BCUT2D eigenvalue weighted by Gasteiger charge is -2.21. The second kappa shape index (κ2) is 9.50. The molecule has 43 heavy (non-hydrogen) atoms. The number of rotatable bonds is 4. The summed E-state index contributed by atoms with van der Waals surface area (Å²) in [6, 6.07) is 48.3. The maximum atomic E-state index is 3.73. The lowest BCUT2D eigenvalue weighted by Crippen LogP contribution is -2.08. The summed E-state index contributed by atoms with van der Waals surface area (Å²) >= 11 is 0. The normalized spacial score (nSPS) is 15.2. The van der Waals surface area contributed by atoms with Gasteiger partial charge in [-0.3, -0.25) is 4.57 Å². The first-order valence-corrected chi connectivity index (χ1v) is 15.0. The van der Waals surface area contributed by atoms with Gasteiger partial charge in [-0.05, 0) is 59.5 Å². The Bertz CT molecular complexity index is 2360. The van der Waals surface area contributed by atoms with E-state index in [0.29, 0.717) is 0 Å². The van der Waals surface area contributed by atoms with Crippen LogP contribution >= 0.6 is 0 Å². The van der Waals surface area contributed by atoms with Gasteiger partial charge in [-0.15, -0.1) is 0 Å². The maximum absolute atomic E-state index is 3.73. The third-order valence-electron chi connectivity index (χ3n) is 9.02. The Morgan fingerprint density at radius 2 is 1.19 bits per heavy atom. The molecule has 204 valence electrons. The number of allylic oxidation sites excluding steroid dienone is 4. The molecule has 0 saturated carbocycles. The van der Waals surface area contributed by atoms with Crippen LogP contribution in [0.2, 0.25) is 0 Å². The van der Waals surface area contributed by atoms with E-state index in [1.165, 1.54) is 60.3 Å². The van der Waals surface area contributed by atoms with Crippen molar-refractivity contribution in [1.82, 2.24) is 14.1 Å². The summed E-state index contributed by atoms with van der Waals surface area (Å²) in [5, 5.41) is 5.13. The van der Waals surface area contributed by atoms with E-state index in [4.69, 9.17) is 0 Å². The van der Waals surface area contributed by atoms with Gasteiger partial charge >= 0.3 is 0 Å². The van der Waals surface area contributed by atoms with E-state index in [0.717, 1.165) is 17.9 Å². The van der Waals surface area contributed by atoms with Crippen molar-refractivity contribution in [2.45, 2.75) is 12.5 Å². The minimum atomic E-state index is 0.236. The number of aromatic amines is 1. The van der Waals surface area contributed by atoms with Crippen molar-refractivity contribution in [3.05, 3.63) is 157 Å². The number of hydrogen-bond donors (Lipinski definition) is 1. The largest absolute Gasteiger partial charge is 0.341 e. The zero-order valence-corrected chi connectivity index (χ0v) is 23.6. The summed E-state index contributed by atoms with van der Waals surface area (Å²) in [7, 11) is 0. The van der Waals surface area contributed by atoms with Crippen molar-refractivity contribution >= 4 is 49.2 Å². The van der Waals surface area contributed by atoms with E-state index in [-0.39, 0.29) is 6.04 Å². The van der Waals surface area contributed by atoms with Crippen LogP contribution in [-0.2, 0) is 0 Å². The van der Waals surface area contributed by atoms with Gasteiger partial charge in [0.25, 0.3) is 0 Å². The molecule has 0 aliphatic heterocycles. The van der Waals surface area contributed by atoms with Crippen LogP contribution in [0.3, 0.4) is 0 Å². The highest BCUT2D eigenvalue weighted by molar-refractivity contribution is 6.18. The minimum absolute atomic E-state index is 0.236. The molecule has 9 rings (SSSR count). The van der Waals surface area contributed by atoms with Gasteiger partial charge in [-0.1, -0.05) is 115 Å². The fraction of sp³-hybridized carbons (Fsp3) is 0.0500. The molecule has 3 heterocycles. The molecular formula is C40H29N3. The highest BCUT2D eigenvalue weighted by Crippen LogP contribution is 2.41. The molecule has 3 nitrogen and oxygen atoms in total. The lowest BCUT2D eigenvalue weighted by atomic mass is 9.97. The zero-order valence-electron chi connectivity index (χ0n) is 23.6. The van der Waals surface area contributed by atoms with Gasteiger partial charge in [-0.2, -0.15) is 0 Å². The standard InChI is InChI=1S/C40H29N3/c1-3-11-27(12-4-1)28-19-21-30(22-20-28)42-36-17-9-7-15-31(36)33-25-34-32-16-8-10-18-37(32)43(39(34)26-38(33)42)40-24-23-35(41-40)29-13-5-2-6-14-29/h1-21,23-26,30,41H,22H2. The third kappa shape index (κ3) is 3.75. The zero-order chi connectivity index (χ0) is 28.3. The van der Waals surface area contributed by atoms with Crippen LogP contribution in [0.5, 0.6) is 0 Å². The summed E-state index contributed by atoms with van der Waals surface area (Å²) in [6.45, 7) is 0. The average Bonchev–Trinajstić information content (AvgIpc) is 3.77. The number of benzene rings is 5. The number of para-hydroxylation sites is 2. The van der Waals surface area contributed by atoms with E-state index in [2.05, 4.69) is 166 Å². The Balaban J connectivity index is 1.27. The van der Waals surface area contributed by atoms with Gasteiger partial charge in [0.2, 0.25) is 0 Å². The third-order valence-corrected chi connectivity index (χ3v) is 9.02. The van der Waals surface area contributed by atoms with Crippen molar-refractivity contribution in [1.29, 1.82) is 0 Å². The van der Waals surface area contributed by atoms with Crippen molar-refractivity contribution in [2.75, 3.05) is 0 Å². The molecule has 0 saturated heterocycles. The first-order valence-electron chi connectivity index (χ1n) is 15.0. The summed E-state index contributed by atoms with van der Waals surface area (Å²) in [5.41, 5.74) is 9.81. The van der Waals surface area contributed by atoms with E-state index in [1.807, 2.05) is 0 Å². The van der Waals surface area contributed by atoms with Crippen molar-refractivity contribution < 1.29 is 0 Å². The molecular weight excluding hydrogens is 522 g/mol. The van der Waals surface area contributed by atoms with E-state index in [9.17, 15) is 0 Å². The molecule has 1 aliphatic rings.